The fourth-order valence-corrected chi connectivity index (χ4v) is 4.29. The molecule has 0 unspecified atom stereocenters. The standard InChI is InChI=1S/C27H26FN3O2S/c1-5-33-22-13-6-18(7-14-22)17-29-31(26-30-23-15-12-21(28)16-24(23)34-26)25(32)19-8-10-20(11-9-19)27(2,3)4/h6-17H,5H2,1-4H3/b29-17+. The summed E-state index contributed by atoms with van der Waals surface area (Å²) in [6.45, 7) is 8.88. The maximum absolute atomic E-state index is 13.7. The van der Waals surface area contributed by atoms with Crippen LogP contribution in [0.2, 0.25) is 0 Å². The molecule has 174 valence electrons. The Kier molecular flexibility index (Phi) is 6.75. The fraction of sp³-hybridized carbons (Fsp3) is 0.222. The molecule has 0 aliphatic rings. The van der Waals surface area contributed by atoms with Crippen LogP contribution in [0.5, 0.6) is 5.75 Å². The van der Waals surface area contributed by atoms with Gasteiger partial charge in [0, 0.05) is 5.56 Å². The highest BCUT2D eigenvalue weighted by Crippen LogP contribution is 2.31. The van der Waals surface area contributed by atoms with Gasteiger partial charge < -0.3 is 4.74 Å². The molecule has 34 heavy (non-hydrogen) atoms. The van der Waals surface area contributed by atoms with Crippen molar-refractivity contribution < 1.29 is 13.9 Å². The van der Waals surface area contributed by atoms with Gasteiger partial charge in [-0.25, -0.2) is 9.37 Å². The van der Waals surface area contributed by atoms with Crippen molar-refractivity contribution in [2.75, 3.05) is 11.6 Å². The van der Waals surface area contributed by atoms with E-state index in [1.807, 2.05) is 43.3 Å². The van der Waals surface area contributed by atoms with Gasteiger partial charge in [-0.2, -0.15) is 10.1 Å². The van der Waals surface area contributed by atoms with E-state index in [-0.39, 0.29) is 17.1 Å². The quantitative estimate of drug-likeness (QED) is 0.227. The maximum atomic E-state index is 13.7. The van der Waals surface area contributed by atoms with Gasteiger partial charge in [-0.05, 0) is 78.1 Å². The third kappa shape index (κ3) is 5.31. The van der Waals surface area contributed by atoms with Crippen molar-refractivity contribution >= 4 is 38.8 Å². The van der Waals surface area contributed by atoms with Crippen LogP contribution >= 0.6 is 11.3 Å². The number of hydrogen-bond donors (Lipinski definition) is 0. The molecule has 0 spiro atoms. The number of hydrazone groups is 1. The van der Waals surface area contributed by atoms with E-state index < -0.39 is 0 Å². The molecule has 7 heteroatoms. The Labute approximate surface area is 202 Å². The number of rotatable bonds is 6. The van der Waals surface area contributed by atoms with E-state index in [2.05, 4.69) is 30.9 Å². The van der Waals surface area contributed by atoms with Crippen LogP contribution in [0.1, 0.15) is 49.2 Å². The number of hydrogen-bond acceptors (Lipinski definition) is 5. The van der Waals surface area contributed by atoms with Gasteiger partial charge in [-0.15, -0.1) is 0 Å². The summed E-state index contributed by atoms with van der Waals surface area (Å²) < 4.78 is 19.8. The predicted octanol–water partition coefficient (Wildman–Crippen LogP) is 6.81. The summed E-state index contributed by atoms with van der Waals surface area (Å²) in [5.74, 6) is 0.0955. The van der Waals surface area contributed by atoms with Crippen molar-refractivity contribution in [3.05, 3.63) is 89.2 Å². The monoisotopic (exact) mass is 475 g/mol. The minimum atomic E-state index is -0.351. The van der Waals surface area contributed by atoms with Gasteiger partial charge in [0.15, 0.2) is 0 Å². The predicted molar refractivity (Wildman–Crippen MR) is 137 cm³/mol. The molecule has 1 aromatic heterocycles. The van der Waals surface area contributed by atoms with Crippen molar-refractivity contribution in [1.29, 1.82) is 0 Å². The summed E-state index contributed by atoms with van der Waals surface area (Å²) in [5, 5.41) is 6.11. The number of nitrogens with zero attached hydrogens (tertiary/aromatic N) is 3. The van der Waals surface area contributed by atoms with Crippen molar-refractivity contribution in [1.82, 2.24) is 4.98 Å². The lowest BCUT2D eigenvalue weighted by molar-refractivity contribution is 0.0988. The van der Waals surface area contributed by atoms with Crippen LogP contribution < -0.4 is 9.75 Å². The lowest BCUT2D eigenvalue weighted by Gasteiger charge is -2.19. The van der Waals surface area contributed by atoms with Gasteiger partial charge in [0.05, 0.1) is 23.0 Å². The Bertz CT molecular complexity index is 1320. The summed E-state index contributed by atoms with van der Waals surface area (Å²) in [6.07, 6.45) is 1.60. The van der Waals surface area contributed by atoms with Gasteiger partial charge in [0.1, 0.15) is 11.6 Å². The first-order valence-electron chi connectivity index (χ1n) is 11.0. The second-order valence-electron chi connectivity index (χ2n) is 8.80. The van der Waals surface area contributed by atoms with Crippen LogP contribution in [0.4, 0.5) is 9.52 Å². The number of thiazole rings is 1. The zero-order chi connectivity index (χ0) is 24.3. The molecule has 1 amide bonds. The first-order chi connectivity index (χ1) is 16.2. The fourth-order valence-electron chi connectivity index (χ4n) is 3.34. The maximum Gasteiger partial charge on any atom is 0.280 e. The van der Waals surface area contributed by atoms with Gasteiger partial charge in [-0.1, -0.05) is 44.2 Å². The summed E-state index contributed by atoms with van der Waals surface area (Å²) in [6, 6.07) is 19.3. The van der Waals surface area contributed by atoms with Crippen LogP contribution in [0.15, 0.2) is 71.8 Å². The van der Waals surface area contributed by atoms with Gasteiger partial charge in [0.25, 0.3) is 5.91 Å². The van der Waals surface area contributed by atoms with Crippen LogP contribution in [0, 0.1) is 5.82 Å². The second-order valence-corrected chi connectivity index (χ2v) is 9.81. The minimum absolute atomic E-state index is 0.0236. The minimum Gasteiger partial charge on any atom is -0.494 e. The highest BCUT2D eigenvalue weighted by molar-refractivity contribution is 7.22. The molecule has 0 saturated carbocycles. The van der Waals surface area contributed by atoms with Gasteiger partial charge >= 0.3 is 0 Å². The number of carbonyl (C=O) groups excluding carboxylic acids is 1. The van der Waals surface area contributed by atoms with E-state index in [4.69, 9.17) is 4.74 Å². The number of anilines is 1. The highest BCUT2D eigenvalue weighted by Gasteiger charge is 2.22. The van der Waals surface area contributed by atoms with E-state index in [1.165, 1.54) is 28.5 Å². The lowest BCUT2D eigenvalue weighted by Crippen LogP contribution is -2.25. The van der Waals surface area contributed by atoms with Crippen LogP contribution in [-0.4, -0.2) is 23.7 Å². The average molecular weight is 476 g/mol. The third-order valence-electron chi connectivity index (χ3n) is 5.22. The molecule has 0 aliphatic heterocycles. The van der Waals surface area contributed by atoms with Crippen molar-refractivity contribution in [2.24, 2.45) is 5.10 Å². The normalized spacial score (nSPS) is 11.8. The summed E-state index contributed by atoms with van der Waals surface area (Å²) in [4.78, 5) is 18.0. The molecule has 0 saturated heterocycles. The SMILES string of the molecule is CCOc1ccc(/C=N/N(C(=O)c2ccc(C(C)(C)C)cc2)c2nc3ccc(F)cc3s2)cc1. The highest BCUT2D eigenvalue weighted by atomic mass is 32.1. The molecule has 0 bridgehead atoms. The average Bonchev–Trinajstić information content (AvgIpc) is 3.22. The first kappa shape index (κ1) is 23.6. The van der Waals surface area contributed by atoms with Crippen LogP contribution in [0.3, 0.4) is 0 Å². The first-order valence-corrected chi connectivity index (χ1v) is 11.8. The molecule has 5 nitrogen and oxygen atoms in total. The van der Waals surface area contributed by atoms with Gasteiger partial charge in [-0.3, -0.25) is 4.79 Å². The van der Waals surface area contributed by atoms with E-state index in [1.54, 1.807) is 24.4 Å². The lowest BCUT2D eigenvalue weighted by atomic mass is 9.87. The molecule has 0 fully saturated rings. The second kappa shape index (κ2) is 9.73. The molecular weight excluding hydrogens is 449 g/mol. The third-order valence-corrected chi connectivity index (χ3v) is 6.22. The summed E-state index contributed by atoms with van der Waals surface area (Å²) >= 11 is 1.21. The van der Waals surface area contributed by atoms with Gasteiger partial charge in [0.2, 0.25) is 5.13 Å². The number of amides is 1. The summed E-state index contributed by atoms with van der Waals surface area (Å²) in [7, 11) is 0. The topological polar surface area (TPSA) is 54.8 Å². The van der Waals surface area contributed by atoms with Crippen LogP contribution in [-0.2, 0) is 5.41 Å². The molecule has 0 radical (unpaired) electrons. The Morgan fingerprint density at radius 3 is 2.44 bits per heavy atom. The van der Waals surface area contributed by atoms with E-state index >= 15 is 0 Å². The molecule has 0 N–H and O–H groups in total. The van der Waals surface area contributed by atoms with Crippen molar-refractivity contribution in [2.45, 2.75) is 33.1 Å². The Balaban J connectivity index is 1.70. The number of benzene rings is 3. The Morgan fingerprint density at radius 2 is 1.79 bits per heavy atom. The molecule has 4 rings (SSSR count). The van der Waals surface area contributed by atoms with Crippen LogP contribution in [0.25, 0.3) is 10.2 Å². The molecule has 4 aromatic rings. The molecule has 0 aliphatic carbocycles. The number of aromatic nitrogens is 1. The Morgan fingerprint density at radius 1 is 1.09 bits per heavy atom. The van der Waals surface area contributed by atoms with Crippen molar-refractivity contribution in [3.63, 3.8) is 0 Å². The molecular formula is C27H26FN3O2S. The van der Waals surface area contributed by atoms with Crippen molar-refractivity contribution in [3.8, 4) is 5.75 Å². The number of halogens is 1. The van der Waals surface area contributed by atoms with E-state index in [0.717, 1.165) is 16.9 Å². The molecule has 3 aromatic carbocycles. The zero-order valence-corrected chi connectivity index (χ0v) is 20.4. The number of carbonyl (C=O) groups is 1. The Hall–Kier alpha value is -3.58. The van der Waals surface area contributed by atoms with E-state index in [9.17, 15) is 9.18 Å². The van der Waals surface area contributed by atoms with E-state index in [0.29, 0.717) is 27.5 Å². The molecule has 1 heterocycles. The number of fused-ring (bicyclic) bond motifs is 1. The summed E-state index contributed by atoms with van der Waals surface area (Å²) in [5.41, 5.74) is 3.01. The largest absolute Gasteiger partial charge is 0.494 e. The number of ether oxygens (including phenoxy) is 1. The zero-order valence-electron chi connectivity index (χ0n) is 19.6. The molecule has 0 atom stereocenters. The smallest absolute Gasteiger partial charge is 0.280 e.